The van der Waals surface area contributed by atoms with Crippen molar-refractivity contribution < 1.29 is 4.74 Å². The van der Waals surface area contributed by atoms with Gasteiger partial charge in [0.25, 0.3) is 0 Å². The number of ether oxygens (including phenoxy) is 1. The van der Waals surface area contributed by atoms with Gasteiger partial charge in [0.05, 0.1) is 6.61 Å². The van der Waals surface area contributed by atoms with Gasteiger partial charge in [0.1, 0.15) is 5.75 Å². The second-order valence-corrected chi connectivity index (χ2v) is 4.09. The Morgan fingerprint density at radius 2 is 1.94 bits per heavy atom. The van der Waals surface area contributed by atoms with E-state index in [-0.39, 0.29) is 5.11 Å². The van der Waals surface area contributed by atoms with Crippen LogP contribution in [0.15, 0.2) is 36.4 Å². The molecule has 3 N–H and O–H groups in total. The molecule has 0 heterocycles. The van der Waals surface area contributed by atoms with Crippen LogP contribution < -0.4 is 15.8 Å². The maximum Gasteiger partial charge on any atom is 0.168 e. The van der Waals surface area contributed by atoms with Gasteiger partial charge in [-0.1, -0.05) is 12.1 Å². The molecule has 0 radical (unpaired) electrons. The van der Waals surface area contributed by atoms with Crippen LogP contribution in [0.1, 0.15) is 6.92 Å². The van der Waals surface area contributed by atoms with Crippen molar-refractivity contribution in [3.63, 3.8) is 0 Å². The van der Waals surface area contributed by atoms with Crippen LogP contribution in [0.5, 0.6) is 5.75 Å². The standard InChI is InChI=1S/C13H14N2OS/c1-2-16-12-6-4-9-7-11(15-13(14)17)5-3-10(9)8-12/h3-8H,2H2,1H3,(H3,14,15,17). The molecule has 17 heavy (non-hydrogen) atoms. The molecule has 0 aliphatic carbocycles. The number of nitrogens with one attached hydrogen (secondary N) is 1. The van der Waals surface area contributed by atoms with Crippen molar-refractivity contribution in [2.75, 3.05) is 11.9 Å². The van der Waals surface area contributed by atoms with Crippen LogP contribution in [0.2, 0.25) is 0 Å². The molecule has 0 fully saturated rings. The van der Waals surface area contributed by atoms with E-state index in [0.29, 0.717) is 6.61 Å². The summed E-state index contributed by atoms with van der Waals surface area (Å²) in [6.45, 7) is 2.64. The third-order valence-corrected chi connectivity index (χ3v) is 2.49. The molecule has 2 aromatic carbocycles. The third kappa shape index (κ3) is 2.85. The minimum atomic E-state index is 0.273. The molecule has 0 atom stereocenters. The Labute approximate surface area is 106 Å². The predicted molar refractivity (Wildman–Crippen MR) is 75.5 cm³/mol. The Balaban J connectivity index is 2.36. The number of benzene rings is 2. The van der Waals surface area contributed by atoms with Gasteiger partial charge in [-0.3, -0.25) is 0 Å². The van der Waals surface area contributed by atoms with E-state index in [1.807, 2.05) is 43.3 Å². The quantitative estimate of drug-likeness (QED) is 0.817. The fraction of sp³-hybridized carbons (Fsp3) is 0.154. The number of hydrogen-bond donors (Lipinski definition) is 2. The van der Waals surface area contributed by atoms with Crippen molar-refractivity contribution in [1.82, 2.24) is 0 Å². The van der Waals surface area contributed by atoms with E-state index in [1.54, 1.807) is 0 Å². The number of rotatable bonds is 3. The van der Waals surface area contributed by atoms with Gasteiger partial charge < -0.3 is 15.8 Å². The zero-order chi connectivity index (χ0) is 12.3. The minimum absolute atomic E-state index is 0.273. The largest absolute Gasteiger partial charge is 0.494 e. The molecule has 0 aromatic heterocycles. The molecule has 0 bridgehead atoms. The molecule has 0 spiro atoms. The van der Waals surface area contributed by atoms with E-state index < -0.39 is 0 Å². The molecule has 0 unspecified atom stereocenters. The summed E-state index contributed by atoms with van der Waals surface area (Å²) in [4.78, 5) is 0. The van der Waals surface area contributed by atoms with Gasteiger partial charge in [-0.25, -0.2) is 0 Å². The summed E-state index contributed by atoms with van der Waals surface area (Å²) in [7, 11) is 0. The normalized spacial score (nSPS) is 10.2. The van der Waals surface area contributed by atoms with E-state index in [9.17, 15) is 0 Å². The fourth-order valence-electron chi connectivity index (χ4n) is 1.70. The minimum Gasteiger partial charge on any atom is -0.494 e. The average Bonchev–Trinajstić information content (AvgIpc) is 2.29. The fourth-order valence-corrected chi connectivity index (χ4v) is 1.82. The van der Waals surface area contributed by atoms with Gasteiger partial charge in [-0.05, 0) is 54.2 Å². The van der Waals surface area contributed by atoms with Gasteiger partial charge in [0, 0.05) is 5.69 Å². The highest BCUT2D eigenvalue weighted by molar-refractivity contribution is 7.80. The molecule has 2 rings (SSSR count). The highest BCUT2D eigenvalue weighted by atomic mass is 32.1. The Kier molecular flexibility index (Phi) is 3.44. The SMILES string of the molecule is CCOc1ccc2cc(NC(N)=S)ccc2c1. The van der Waals surface area contributed by atoms with E-state index in [0.717, 1.165) is 22.2 Å². The van der Waals surface area contributed by atoms with Crippen molar-refractivity contribution in [2.45, 2.75) is 6.92 Å². The predicted octanol–water partition coefficient (Wildman–Crippen LogP) is 2.89. The van der Waals surface area contributed by atoms with Crippen molar-refractivity contribution in [3.8, 4) is 5.75 Å². The van der Waals surface area contributed by atoms with Gasteiger partial charge in [0.2, 0.25) is 0 Å². The van der Waals surface area contributed by atoms with Crippen LogP contribution in [-0.4, -0.2) is 11.7 Å². The number of thiocarbonyl (C=S) groups is 1. The number of anilines is 1. The topological polar surface area (TPSA) is 47.3 Å². The molecule has 2 aromatic rings. The molecule has 88 valence electrons. The molecular formula is C13H14N2OS. The second-order valence-electron chi connectivity index (χ2n) is 3.65. The first-order valence-electron chi connectivity index (χ1n) is 5.42. The molecule has 0 aliphatic heterocycles. The monoisotopic (exact) mass is 246 g/mol. The lowest BCUT2D eigenvalue weighted by atomic mass is 10.1. The molecule has 0 saturated heterocycles. The van der Waals surface area contributed by atoms with Crippen LogP contribution in [0.25, 0.3) is 10.8 Å². The maximum absolute atomic E-state index is 5.45. The Morgan fingerprint density at radius 1 is 1.24 bits per heavy atom. The number of hydrogen-bond acceptors (Lipinski definition) is 2. The first-order valence-corrected chi connectivity index (χ1v) is 5.83. The smallest absolute Gasteiger partial charge is 0.168 e. The summed E-state index contributed by atoms with van der Waals surface area (Å²) >= 11 is 4.80. The number of fused-ring (bicyclic) bond motifs is 1. The molecule has 0 saturated carbocycles. The summed E-state index contributed by atoms with van der Waals surface area (Å²) in [5.41, 5.74) is 6.33. The lowest BCUT2D eigenvalue weighted by molar-refractivity contribution is 0.341. The van der Waals surface area contributed by atoms with Crippen molar-refractivity contribution in [2.24, 2.45) is 5.73 Å². The van der Waals surface area contributed by atoms with Gasteiger partial charge in [0.15, 0.2) is 5.11 Å². The third-order valence-electron chi connectivity index (χ3n) is 2.39. The second kappa shape index (κ2) is 5.01. The Hall–Kier alpha value is -1.81. The molecule has 0 aliphatic rings. The summed E-state index contributed by atoms with van der Waals surface area (Å²) in [6.07, 6.45) is 0. The molecule has 0 amide bonds. The van der Waals surface area contributed by atoms with Gasteiger partial charge >= 0.3 is 0 Å². The van der Waals surface area contributed by atoms with Crippen LogP contribution in [0.4, 0.5) is 5.69 Å². The summed E-state index contributed by atoms with van der Waals surface area (Å²) < 4.78 is 5.45. The summed E-state index contributed by atoms with van der Waals surface area (Å²) in [5, 5.41) is 5.44. The Morgan fingerprint density at radius 3 is 2.65 bits per heavy atom. The van der Waals surface area contributed by atoms with Crippen LogP contribution in [-0.2, 0) is 0 Å². The van der Waals surface area contributed by atoms with Crippen LogP contribution in [0.3, 0.4) is 0 Å². The maximum atomic E-state index is 5.45. The zero-order valence-corrected chi connectivity index (χ0v) is 10.4. The number of nitrogens with two attached hydrogens (primary N) is 1. The molecule has 4 heteroatoms. The van der Waals surface area contributed by atoms with E-state index in [1.165, 1.54) is 0 Å². The zero-order valence-electron chi connectivity index (χ0n) is 9.57. The van der Waals surface area contributed by atoms with Crippen molar-refractivity contribution in [3.05, 3.63) is 36.4 Å². The van der Waals surface area contributed by atoms with E-state index in [2.05, 4.69) is 5.32 Å². The van der Waals surface area contributed by atoms with Crippen molar-refractivity contribution >= 4 is 33.8 Å². The van der Waals surface area contributed by atoms with Gasteiger partial charge in [-0.15, -0.1) is 0 Å². The van der Waals surface area contributed by atoms with Crippen LogP contribution >= 0.6 is 12.2 Å². The molecule has 3 nitrogen and oxygen atoms in total. The van der Waals surface area contributed by atoms with Gasteiger partial charge in [-0.2, -0.15) is 0 Å². The summed E-state index contributed by atoms with van der Waals surface area (Å²) in [5.74, 6) is 0.884. The Bertz CT molecular complexity index is 554. The lowest BCUT2D eigenvalue weighted by Gasteiger charge is -2.07. The van der Waals surface area contributed by atoms with Crippen LogP contribution in [0, 0.1) is 0 Å². The lowest BCUT2D eigenvalue weighted by Crippen LogP contribution is -2.18. The summed E-state index contributed by atoms with van der Waals surface area (Å²) in [6, 6.07) is 11.9. The van der Waals surface area contributed by atoms with E-state index in [4.69, 9.17) is 22.7 Å². The highest BCUT2D eigenvalue weighted by Gasteiger charge is 1.99. The van der Waals surface area contributed by atoms with E-state index >= 15 is 0 Å². The first kappa shape index (κ1) is 11.7. The highest BCUT2D eigenvalue weighted by Crippen LogP contribution is 2.23. The molecular weight excluding hydrogens is 232 g/mol. The average molecular weight is 246 g/mol. The first-order chi connectivity index (χ1) is 8.19. The van der Waals surface area contributed by atoms with Crippen molar-refractivity contribution in [1.29, 1.82) is 0 Å².